The molecular weight excluding hydrogens is 258 g/mol. The first-order chi connectivity index (χ1) is 9.13. The van der Waals surface area contributed by atoms with Crippen molar-refractivity contribution in [3.8, 4) is 0 Å². The second-order valence-corrected chi connectivity index (χ2v) is 5.82. The number of hydrogen-bond acceptors (Lipinski definition) is 1. The first kappa shape index (κ1) is 14.4. The summed E-state index contributed by atoms with van der Waals surface area (Å²) in [4.78, 5) is 14.8. The summed E-state index contributed by atoms with van der Waals surface area (Å²) in [5.74, 6) is 0.654. The lowest BCUT2D eigenvalue weighted by Crippen LogP contribution is -2.40. The van der Waals surface area contributed by atoms with E-state index >= 15 is 0 Å². The molecule has 1 amide bonds. The summed E-state index contributed by atoms with van der Waals surface area (Å²) in [7, 11) is 0. The Hall–Kier alpha value is -1.02. The van der Waals surface area contributed by atoms with Crippen LogP contribution in [0.4, 0.5) is 0 Å². The number of halogens is 1. The number of carbonyl (C=O) groups excluding carboxylic acids is 1. The van der Waals surface area contributed by atoms with Crippen LogP contribution in [0.25, 0.3) is 0 Å². The largest absolute Gasteiger partial charge is 0.334 e. The molecule has 0 aliphatic heterocycles. The lowest BCUT2D eigenvalue weighted by atomic mass is 10.0. The van der Waals surface area contributed by atoms with Crippen molar-refractivity contribution in [3.05, 3.63) is 34.9 Å². The molecule has 3 heteroatoms. The molecule has 0 atom stereocenters. The van der Waals surface area contributed by atoms with Gasteiger partial charge in [-0.25, -0.2) is 0 Å². The zero-order chi connectivity index (χ0) is 13.8. The smallest absolute Gasteiger partial charge is 0.254 e. The number of nitrogens with zero attached hydrogens (tertiary/aromatic N) is 1. The molecule has 1 saturated carbocycles. The fraction of sp³-hybridized carbons (Fsp3) is 0.562. The van der Waals surface area contributed by atoms with Crippen molar-refractivity contribution < 1.29 is 4.79 Å². The van der Waals surface area contributed by atoms with E-state index in [0.29, 0.717) is 18.5 Å². The van der Waals surface area contributed by atoms with Gasteiger partial charge >= 0.3 is 0 Å². The van der Waals surface area contributed by atoms with Crippen LogP contribution >= 0.6 is 11.6 Å². The molecule has 0 saturated heterocycles. The predicted molar refractivity (Wildman–Crippen MR) is 79.9 cm³/mol. The minimum absolute atomic E-state index is 0.147. The lowest BCUT2D eigenvalue weighted by Gasteiger charge is -2.29. The molecule has 0 radical (unpaired) electrons. The quantitative estimate of drug-likeness (QED) is 0.765. The Kier molecular flexibility index (Phi) is 4.87. The van der Waals surface area contributed by atoms with Crippen molar-refractivity contribution in [2.45, 2.75) is 45.6 Å². The standard InChI is InChI=1S/C16H22ClNO/c1-12-7-8-13(2)15(11-12)16(19)18(10-9-17)14-5-3-4-6-14/h7-8,11,14H,3-6,9-10H2,1-2H3. The van der Waals surface area contributed by atoms with Crippen molar-refractivity contribution in [3.63, 3.8) is 0 Å². The topological polar surface area (TPSA) is 20.3 Å². The molecule has 104 valence electrons. The van der Waals surface area contributed by atoms with Gasteiger partial charge in [-0.3, -0.25) is 4.79 Å². The van der Waals surface area contributed by atoms with Gasteiger partial charge in [-0.2, -0.15) is 0 Å². The number of amides is 1. The molecule has 1 aromatic carbocycles. The third-order valence-corrected chi connectivity index (χ3v) is 4.14. The summed E-state index contributed by atoms with van der Waals surface area (Å²) >= 11 is 5.88. The van der Waals surface area contributed by atoms with Crippen LogP contribution in [0, 0.1) is 13.8 Å². The molecule has 2 nitrogen and oxygen atoms in total. The highest BCUT2D eigenvalue weighted by molar-refractivity contribution is 6.18. The number of hydrogen-bond donors (Lipinski definition) is 0. The highest BCUT2D eigenvalue weighted by atomic mass is 35.5. The summed E-state index contributed by atoms with van der Waals surface area (Å²) in [5, 5.41) is 0. The molecule has 0 heterocycles. The van der Waals surface area contributed by atoms with Crippen LogP contribution in [0.5, 0.6) is 0 Å². The second-order valence-electron chi connectivity index (χ2n) is 5.44. The Morgan fingerprint density at radius 3 is 2.63 bits per heavy atom. The van der Waals surface area contributed by atoms with E-state index in [0.717, 1.165) is 29.5 Å². The van der Waals surface area contributed by atoms with Crippen molar-refractivity contribution in [1.29, 1.82) is 0 Å². The molecule has 0 aromatic heterocycles. The Bertz CT molecular complexity index is 452. The van der Waals surface area contributed by atoms with E-state index < -0.39 is 0 Å². The van der Waals surface area contributed by atoms with Gasteiger partial charge in [-0.1, -0.05) is 30.5 Å². The average Bonchev–Trinajstić information content (AvgIpc) is 2.92. The second kappa shape index (κ2) is 6.42. The van der Waals surface area contributed by atoms with Crippen molar-refractivity contribution in [1.82, 2.24) is 4.90 Å². The molecule has 0 spiro atoms. The third-order valence-electron chi connectivity index (χ3n) is 3.98. The van der Waals surface area contributed by atoms with Crippen LogP contribution in [0.15, 0.2) is 18.2 Å². The molecule has 0 N–H and O–H groups in total. The highest BCUT2D eigenvalue weighted by Crippen LogP contribution is 2.25. The first-order valence-corrected chi connectivity index (χ1v) is 7.61. The van der Waals surface area contributed by atoms with Gasteiger partial charge in [0.05, 0.1) is 0 Å². The number of aryl methyl sites for hydroxylation is 2. The minimum Gasteiger partial charge on any atom is -0.334 e. The molecular formula is C16H22ClNO. The van der Waals surface area contributed by atoms with E-state index in [4.69, 9.17) is 11.6 Å². The summed E-state index contributed by atoms with van der Waals surface area (Å²) < 4.78 is 0. The molecule has 19 heavy (non-hydrogen) atoms. The summed E-state index contributed by atoms with van der Waals surface area (Å²) in [6.07, 6.45) is 4.69. The Morgan fingerprint density at radius 1 is 1.32 bits per heavy atom. The van der Waals surface area contributed by atoms with Crippen molar-refractivity contribution in [2.24, 2.45) is 0 Å². The van der Waals surface area contributed by atoms with E-state index in [1.165, 1.54) is 12.8 Å². The molecule has 1 aliphatic carbocycles. The third kappa shape index (κ3) is 3.30. The Balaban J connectivity index is 2.25. The monoisotopic (exact) mass is 279 g/mol. The first-order valence-electron chi connectivity index (χ1n) is 7.07. The van der Waals surface area contributed by atoms with Gasteiger partial charge in [0.1, 0.15) is 0 Å². The number of carbonyl (C=O) groups is 1. The van der Waals surface area contributed by atoms with E-state index in [1.54, 1.807) is 0 Å². The van der Waals surface area contributed by atoms with Gasteiger partial charge in [-0.05, 0) is 38.3 Å². The number of rotatable bonds is 4. The summed E-state index contributed by atoms with van der Waals surface area (Å²) in [6, 6.07) is 6.45. The summed E-state index contributed by atoms with van der Waals surface area (Å²) in [5.41, 5.74) is 3.01. The Morgan fingerprint density at radius 2 is 2.00 bits per heavy atom. The highest BCUT2D eigenvalue weighted by Gasteiger charge is 2.27. The van der Waals surface area contributed by atoms with Gasteiger partial charge in [0.15, 0.2) is 0 Å². The Labute approximate surface area is 120 Å². The fourth-order valence-electron chi connectivity index (χ4n) is 2.88. The van der Waals surface area contributed by atoms with Crippen LogP contribution < -0.4 is 0 Å². The maximum absolute atomic E-state index is 12.8. The van der Waals surface area contributed by atoms with Crippen LogP contribution in [-0.2, 0) is 0 Å². The van der Waals surface area contributed by atoms with Gasteiger partial charge in [-0.15, -0.1) is 11.6 Å². The normalized spacial score (nSPS) is 15.7. The van der Waals surface area contributed by atoms with Gasteiger partial charge in [0, 0.05) is 24.0 Å². The number of benzene rings is 1. The molecule has 1 aromatic rings. The SMILES string of the molecule is Cc1ccc(C)c(C(=O)N(CCCl)C2CCCC2)c1. The van der Waals surface area contributed by atoms with E-state index in [2.05, 4.69) is 0 Å². The summed E-state index contributed by atoms with van der Waals surface area (Å²) in [6.45, 7) is 4.68. The zero-order valence-electron chi connectivity index (χ0n) is 11.8. The van der Waals surface area contributed by atoms with E-state index in [-0.39, 0.29) is 5.91 Å². The van der Waals surface area contributed by atoms with Gasteiger partial charge in [0.2, 0.25) is 0 Å². The maximum Gasteiger partial charge on any atom is 0.254 e. The molecule has 0 unspecified atom stereocenters. The molecule has 1 aliphatic rings. The maximum atomic E-state index is 12.8. The lowest BCUT2D eigenvalue weighted by molar-refractivity contribution is 0.0694. The van der Waals surface area contributed by atoms with Crippen LogP contribution in [0.1, 0.15) is 47.2 Å². The van der Waals surface area contributed by atoms with Crippen LogP contribution in [0.3, 0.4) is 0 Å². The fourth-order valence-corrected chi connectivity index (χ4v) is 3.06. The average molecular weight is 280 g/mol. The zero-order valence-corrected chi connectivity index (χ0v) is 12.5. The predicted octanol–water partition coefficient (Wildman–Crippen LogP) is 3.93. The minimum atomic E-state index is 0.147. The molecule has 2 rings (SSSR count). The van der Waals surface area contributed by atoms with Crippen LogP contribution in [0.2, 0.25) is 0 Å². The van der Waals surface area contributed by atoms with E-state index in [1.807, 2.05) is 36.9 Å². The molecule has 1 fully saturated rings. The van der Waals surface area contributed by atoms with Gasteiger partial charge in [0.25, 0.3) is 5.91 Å². The van der Waals surface area contributed by atoms with Crippen molar-refractivity contribution >= 4 is 17.5 Å². The number of alkyl halides is 1. The van der Waals surface area contributed by atoms with Crippen molar-refractivity contribution in [2.75, 3.05) is 12.4 Å². The van der Waals surface area contributed by atoms with Gasteiger partial charge < -0.3 is 4.90 Å². The van der Waals surface area contributed by atoms with Crippen LogP contribution in [-0.4, -0.2) is 29.3 Å². The van der Waals surface area contributed by atoms with E-state index in [9.17, 15) is 4.79 Å². The molecule has 0 bridgehead atoms.